The number of rotatable bonds is 3. The fourth-order valence-corrected chi connectivity index (χ4v) is 0.908. The van der Waals surface area contributed by atoms with Gasteiger partial charge in [-0.3, -0.25) is 4.79 Å². The van der Waals surface area contributed by atoms with E-state index in [4.69, 9.17) is 5.73 Å². The summed E-state index contributed by atoms with van der Waals surface area (Å²) in [7, 11) is 1.28. The van der Waals surface area contributed by atoms with Crippen LogP contribution >= 0.6 is 0 Å². The molecule has 0 atom stereocenters. The maximum Gasteiger partial charge on any atom is 0.356 e. The zero-order valence-electron chi connectivity index (χ0n) is 8.14. The van der Waals surface area contributed by atoms with Crippen molar-refractivity contribution in [3.63, 3.8) is 0 Å². The molecule has 0 fully saturated rings. The van der Waals surface area contributed by atoms with Gasteiger partial charge in [0.25, 0.3) is 0 Å². The Morgan fingerprint density at radius 3 is 2.67 bits per heavy atom. The number of primary amides is 1. The Hall–Kier alpha value is -2.17. The highest BCUT2D eigenvalue weighted by Gasteiger charge is 2.04. The van der Waals surface area contributed by atoms with Crippen LogP contribution in [0.3, 0.4) is 0 Å². The van der Waals surface area contributed by atoms with Crippen molar-refractivity contribution in [2.24, 2.45) is 5.73 Å². The molecule has 1 aromatic heterocycles. The van der Waals surface area contributed by atoms with Crippen LogP contribution in [0.1, 0.15) is 16.1 Å². The topological polar surface area (TPSA) is 82.3 Å². The van der Waals surface area contributed by atoms with Crippen molar-refractivity contribution in [2.45, 2.75) is 0 Å². The number of pyridine rings is 1. The van der Waals surface area contributed by atoms with E-state index in [9.17, 15) is 9.59 Å². The molecule has 0 unspecified atom stereocenters. The van der Waals surface area contributed by atoms with Gasteiger partial charge < -0.3 is 10.5 Å². The van der Waals surface area contributed by atoms with Gasteiger partial charge in [0.05, 0.1) is 7.11 Å². The Kier molecular flexibility index (Phi) is 3.56. The van der Waals surface area contributed by atoms with Crippen LogP contribution in [0.2, 0.25) is 0 Å². The second kappa shape index (κ2) is 4.90. The number of carbonyl (C=O) groups is 2. The highest BCUT2D eigenvalue weighted by atomic mass is 16.5. The molecule has 1 rings (SSSR count). The first-order valence-electron chi connectivity index (χ1n) is 4.15. The van der Waals surface area contributed by atoms with Crippen LogP contribution in [-0.2, 0) is 9.53 Å². The lowest BCUT2D eigenvalue weighted by Gasteiger charge is -1.97. The lowest BCUT2D eigenvalue weighted by Crippen LogP contribution is -2.05. The monoisotopic (exact) mass is 206 g/mol. The molecule has 1 aromatic rings. The summed E-state index contributed by atoms with van der Waals surface area (Å²) in [6.45, 7) is 0. The number of amides is 1. The van der Waals surface area contributed by atoms with Crippen molar-refractivity contribution in [1.29, 1.82) is 0 Å². The zero-order valence-corrected chi connectivity index (χ0v) is 8.14. The average molecular weight is 206 g/mol. The summed E-state index contributed by atoms with van der Waals surface area (Å²) >= 11 is 0. The molecule has 0 bridgehead atoms. The van der Waals surface area contributed by atoms with Crippen LogP contribution in [0.15, 0.2) is 24.4 Å². The summed E-state index contributed by atoms with van der Waals surface area (Å²) in [5.74, 6) is -1.03. The maximum absolute atomic E-state index is 11.0. The van der Waals surface area contributed by atoms with Gasteiger partial charge in [0.2, 0.25) is 5.91 Å². The third-order valence-corrected chi connectivity index (χ3v) is 1.62. The lowest BCUT2D eigenvalue weighted by atomic mass is 10.2. The van der Waals surface area contributed by atoms with Crippen molar-refractivity contribution in [3.8, 4) is 0 Å². The van der Waals surface area contributed by atoms with E-state index in [1.54, 1.807) is 6.07 Å². The molecule has 0 aliphatic carbocycles. The predicted molar refractivity (Wildman–Crippen MR) is 53.8 cm³/mol. The lowest BCUT2D eigenvalue weighted by molar-refractivity contribution is -0.113. The highest BCUT2D eigenvalue weighted by Crippen LogP contribution is 2.03. The van der Waals surface area contributed by atoms with E-state index in [0.717, 1.165) is 0 Å². The zero-order chi connectivity index (χ0) is 11.3. The molecule has 78 valence electrons. The summed E-state index contributed by atoms with van der Waals surface area (Å²) in [5.41, 5.74) is 5.82. The molecule has 0 spiro atoms. The van der Waals surface area contributed by atoms with Crippen LogP contribution in [0.5, 0.6) is 0 Å². The number of esters is 1. The largest absolute Gasteiger partial charge is 0.464 e. The molecular weight excluding hydrogens is 196 g/mol. The molecule has 0 aromatic carbocycles. The second-order valence-electron chi connectivity index (χ2n) is 2.70. The Balaban J connectivity index is 2.81. The number of hydrogen-bond donors (Lipinski definition) is 1. The van der Waals surface area contributed by atoms with E-state index in [1.807, 2.05) is 0 Å². The van der Waals surface area contributed by atoms with Gasteiger partial charge in [-0.2, -0.15) is 0 Å². The summed E-state index contributed by atoms with van der Waals surface area (Å²) in [5, 5.41) is 0. The normalized spacial score (nSPS) is 10.2. The van der Waals surface area contributed by atoms with Crippen molar-refractivity contribution in [2.75, 3.05) is 7.11 Å². The van der Waals surface area contributed by atoms with Crippen LogP contribution in [0.4, 0.5) is 0 Å². The van der Waals surface area contributed by atoms with Crippen molar-refractivity contribution >= 4 is 18.0 Å². The van der Waals surface area contributed by atoms with E-state index >= 15 is 0 Å². The van der Waals surface area contributed by atoms with Gasteiger partial charge in [0.1, 0.15) is 5.69 Å². The standard InChI is InChI=1S/C10H10N2O3/c1-15-10(14)8-4-2-7(6-12-8)3-5-9(11)13/h2-6H,1H3,(H2,11,13). The maximum atomic E-state index is 11.0. The second-order valence-corrected chi connectivity index (χ2v) is 2.70. The van der Waals surface area contributed by atoms with Crippen LogP contribution in [-0.4, -0.2) is 24.0 Å². The molecule has 5 heteroatoms. The summed E-state index contributed by atoms with van der Waals surface area (Å²) in [6.07, 6.45) is 4.18. The predicted octanol–water partition coefficient (Wildman–Crippen LogP) is 0.367. The first-order chi connectivity index (χ1) is 7.13. The van der Waals surface area contributed by atoms with Gasteiger partial charge in [-0.05, 0) is 17.7 Å². The number of nitrogens with two attached hydrogens (primary N) is 1. The van der Waals surface area contributed by atoms with E-state index in [1.165, 1.54) is 31.5 Å². The SMILES string of the molecule is COC(=O)c1ccc(C=CC(N)=O)cn1. The molecule has 1 heterocycles. The highest BCUT2D eigenvalue weighted by molar-refractivity contribution is 5.90. The molecule has 0 saturated heterocycles. The molecule has 5 nitrogen and oxygen atoms in total. The third kappa shape index (κ3) is 3.22. The van der Waals surface area contributed by atoms with E-state index in [0.29, 0.717) is 5.56 Å². The van der Waals surface area contributed by atoms with Crippen LogP contribution in [0, 0.1) is 0 Å². The molecular formula is C10H10N2O3. The van der Waals surface area contributed by atoms with Crippen LogP contribution < -0.4 is 5.73 Å². The summed E-state index contributed by atoms with van der Waals surface area (Å²) in [4.78, 5) is 25.3. The molecule has 0 aliphatic heterocycles. The molecule has 0 saturated carbocycles. The van der Waals surface area contributed by atoms with Gasteiger partial charge in [0, 0.05) is 12.3 Å². The first-order valence-corrected chi connectivity index (χ1v) is 4.15. The molecule has 2 N–H and O–H groups in total. The summed E-state index contributed by atoms with van der Waals surface area (Å²) < 4.78 is 4.48. The van der Waals surface area contributed by atoms with Gasteiger partial charge in [-0.25, -0.2) is 9.78 Å². The van der Waals surface area contributed by atoms with Gasteiger partial charge in [0.15, 0.2) is 0 Å². The minimum atomic E-state index is -0.535. The number of hydrogen-bond acceptors (Lipinski definition) is 4. The van der Waals surface area contributed by atoms with E-state index in [-0.39, 0.29) is 5.69 Å². The van der Waals surface area contributed by atoms with Crippen molar-refractivity contribution in [1.82, 2.24) is 4.98 Å². The third-order valence-electron chi connectivity index (χ3n) is 1.62. The van der Waals surface area contributed by atoms with Gasteiger partial charge in [-0.1, -0.05) is 6.07 Å². The molecule has 1 amide bonds. The minimum Gasteiger partial charge on any atom is -0.464 e. The first kappa shape index (κ1) is 10.9. The fraction of sp³-hybridized carbons (Fsp3) is 0.100. The van der Waals surface area contributed by atoms with Crippen LogP contribution in [0.25, 0.3) is 6.08 Å². The summed E-state index contributed by atoms with van der Waals surface area (Å²) in [6, 6.07) is 3.14. The van der Waals surface area contributed by atoms with E-state index < -0.39 is 11.9 Å². The van der Waals surface area contributed by atoms with Crippen molar-refractivity contribution in [3.05, 3.63) is 35.7 Å². The molecule has 0 radical (unpaired) electrons. The minimum absolute atomic E-state index is 0.216. The number of aromatic nitrogens is 1. The van der Waals surface area contributed by atoms with E-state index in [2.05, 4.69) is 9.72 Å². The molecule has 15 heavy (non-hydrogen) atoms. The smallest absolute Gasteiger partial charge is 0.356 e. The average Bonchev–Trinajstić information content (AvgIpc) is 2.26. The number of carbonyl (C=O) groups excluding carboxylic acids is 2. The van der Waals surface area contributed by atoms with Gasteiger partial charge in [-0.15, -0.1) is 0 Å². The number of ether oxygens (including phenoxy) is 1. The Morgan fingerprint density at radius 1 is 1.47 bits per heavy atom. The Labute approximate surface area is 86.6 Å². The Morgan fingerprint density at radius 2 is 2.20 bits per heavy atom. The van der Waals surface area contributed by atoms with Crippen molar-refractivity contribution < 1.29 is 14.3 Å². The van der Waals surface area contributed by atoms with Gasteiger partial charge >= 0.3 is 5.97 Å². The fourth-order valence-electron chi connectivity index (χ4n) is 0.908. The number of methoxy groups -OCH3 is 1. The Bertz CT molecular complexity index is 396. The molecule has 0 aliphatic rings. The number of nitrogens with zero attached hydrogens (tertiary/aromatic N) is 1. The quantitative estimate of drug-likeness (QED) is 0.572.